The first kappa shape index (κ1) is 36.0. The summed E-state index contributed by atoms with van der Waals surface area (Å²) in [6.07, 6.45) is -4.91. The van der Waals surface area contributed by atoms with Crippen molar-refractivity contribution in [2.45, 2.75) is 24.5 Å². The average Bonchev–Trinajstić information content (AvgIpc) is 3.66. The van der Waals surface area contributed by atoms with Crippen LogP contribution in [0.25, 0.3) is 0 Å². The van der Waals surface area contributed by atoms with Gasteiger partial charge in [-0.3, -0.25) is 19.3 Å². The molecule has 3 heterocycles. The van der Waals surface area contributed by atoms with Crippen molar-refractivity contribution in [3.05, 3.63) is 160 Å². The van der Waals surface area contributed by atoms with Crippen LogP contribution >= 0.6 is 0 Å². The van der Waals surface area contributed by atoms with Gasteiger partial charge in [0.2, 0.25) is 5.91 Å². The molecule has 55 heavy (non-hydrogen) atoms. The third-order valence-corrected chi connectivity index (χ3v) is 8.58. The van der Waals surface area contributed by atoms with Crippen LogP contribution in [0.1, 0.15) is 58.0 Å². The second-order valence-corrected chi connectivity index (χ2v) is 12.2. The molecule has 5 aromatic rings. The lowest BCUT2D eigenvalue weighted by Crippen LogP contribution is -2.43. The van der Waals surface area contributed by atoms with Crippen LogP contribution in [0.2, 0.25) is 0 Å². The Labute approximate surface area is 311 Å². The fourth-order valence-corrected chi connectivity index (χ4v) is 5.95. The number of imide groups is 1. The number of amides is 3. The molecule has 4 aromatic carbocycles. The number of hydrogen-bond donors (Lipinski definition) is 1. The summed E-state index contributed by atoms with van der Waals surface area (Å²) >= 11 is 0. The van der Waals surface area contributed by atoms with E-state index in [0.29, 0.717) is 4.68 Å². The van der Waals surface area contributed by atoms with Crippen molar-refractivity contribution in [3.63, 3.8) is 0 Å². The third kappa shape index (κ3) is 7.74. The van der Waals surface area contributed by atoms with Gasteiger partial charge >= 0.3 is 23.6 Å². The van der Waals surface area contributed by atoms with Crippen LogP contribution in [0.15, 0.2) is 126 Å². The molecule has 1 saturated heterocycles. The normalized spacial score (nSPS) is 18.7. The fraction of sp³-hybridized carbons (Fsp3) is 0.154. The van der Waals surface area contributed by atoms with E-state index in [-0.39, 0.29) is 33.6 Å². The van der Waals surface area contributed by atoms with Crippen molar-refractivity contribution in [2.75, 3.05) is 18.5 Å². The quantitative estimate of drug-likeness (QED) is 0.118. The summed E-state index contributed by atoms with van der Waals surface area (Å²) < 4.78 is 24.1. The molecule has 1 aromatic heterocycles. The predicted molar refractivity (Wildman–Crippen MR) is 189 cm³/mol. The number of esters is 3. The smallest absolute Gasteiger partial charge is 0.368 e. The maximum absolute atomic E-state index is 13.5. The minimum Gasteiger partial charge on any atom is -0.459 e. The van der Waals surface area contributed by atoms with Gasteiger partial charge < -0.3 is 24.3 Å². The molecule has 2 aliphatic rings. The van der Waals surface area contributed by atoms with Gasteiger partial charge in [-0.25, -0.2) is 19.2 Å². The van der Waals surface area contributed by atoms with E-state index >= 15 is 0 Å². The Morgan fingerprint density at radius 3 is 1.67 bits per heavy atom. The number of rotatable bonds is 11. The maximum atomic E-state index is 13.5. The molecule has 0 spiro atoms. The summed E-state index contributed by atoms with van der Waals surface area (Å²) in [6.45, 7) is -1.18. The van der Waals surface area contributed by atoms with Gasteiger partial charge in [0.05, 0.1) is 34.0 Å². The first-order valence-corrected chi connectivity index (χ1v) is 16.8. The van der Waals surface area contributed by atoms with Crippen LogP contribution < -0.4 is 11.0 Å². The van der Waals surface area contributed by atoms with Gasteiger partial charge in [0.25, 0.3) is 11.8 Å². The second kappa shape index (κ2) is 15.7. The second-order valence-electron chi connectivity index (χ2n) is 12.2. The zero-order valence-corrected chi connectivity index (χ0v) is 28.6. The largest absolute Gasteiger partial charge is 0.459 e. The number of nitrogens with one attached hydrogen (secondary N) is 1. The lowest BCUT2D eigenvalue weighted by molar-refractivity contribution is -0.116. The van der Waals surface area contributed by atoms with E-state index in [1.807, 2.05) is 0 Å². The van der Waals surface area contributed by atoms with E-state index in [1.54, 1.807) is 66.7 Å². The summed E-state index contributed by atoms with van der Waals surface area (Å²) in [5.41, 5.74) is -0.283. The SMILES string of the molecule is O=C(CN1C(=O)c2ccccc2C1=O)Nc1cnn([C@@H]2O[C@H](COC(=O)c3ccccc3)[C@H](OC(=O)c3ccccc3)[C@H]2OC(=O)c2ccccc2)c(=O)n1. The molecule has 0 unspecified atom stereocenters. The number of fused-ring (bicyclic) bond motifs is 1. The van der Waals surface area contributed by atoms with Crippen LogP contribution in [0, 0.1) is 0 Å². The molecule has 0 aliphatic carbocycles. The minimum absolute atomic E-state index is 0.128. The van der Waals surface area contributed by atoms with E-state index in [9.17, 15) is 33.6 Å². The van der Waals surface area contributed by atoms with Gasteiger partial charge in [-0.2, -0.15) is 14.8 Å². The Kier molecular flexibility index (Phi) is 10.3. The molecule has 0 saturated carbocycles. The molecule has 4 atom stereocenters. The number of aromatic nitrogens is 3. The summed E-state index contributed by atoms with van der Waals surface area (Å²) in [5, 5.41) is 6.45. The zero-order chi connectivity index (χ0) is 38.5. The number of carbonyl (C=O) groups excluding carboxylic acids is 6. The highest BCUT2D eigenvalue weighted by Gasteiger charge is 2.52. The van der Waals surface area contributed by atoms with Gasteiger partial charge in [-0.05, 0) is 48.5 Å². The van der Waals surface area contributed by atoms with E-state index < -0.39 is 79.0 Å². The molecule has 1 N–H and O–H groups in total. The number of ether oxygens (including phenoxy) is 4. The molecule has 2 aliphatic heterocycles. The molecule has 276 valence electrons. The first-order valence-electron chi connectivity index (χ1n) is 16.8. The molecule has 16 nitrogen and oxygen atoms in total. The zero-order valence-electron chi connectivity index (χ0n) is 28.6. The van der Waals surface area contributed by atoms with Crippen LogP contribution in [-0.2, 0) is 23.7 Å². The minimum atomic E-state index is -1.59. The highest BCUT2D eigenvalue weighted by Crippen LogP contribution is 2.34. The summed E-state index contributed by atoms with van der Waals surface area (Å²) in [7, 11) is 0. The topological polar surface area (TPSA) is 202 Å². The number of anilines is 1. The summed E-state index contributed by atoms with van der Waals surface area (Å²) in [6, 6.07) is 30.0. The number of hydrogen-bond acceptors (Lipinski definition) is 13. The van der Waals surface area contributed by atoms with Gasteiger partial charge in [0.1, 0.15) is 19.3 Å². The molecular formula is C39H29N5O11. The molecule has 1 fully saturated rings. The monoisotopic (exact) mass is 743 g/mol. The molecule has 0 bridgehead atoms. The van der Waals surface area contributed by atoms with Crippen LogP contribution in [0.4, 0.5) is 5.82 Å². The van der Waals surface area contributed by atoms with Crippen molar-refractivity contribution in [1.82, 2.24) is 19.7 Å². The van der Waals surface area contributed by atoms with Crippen molar-refractivity contribution < 1.29 is 47.7 Å². The van der Waals surface area contributed by atoms with Gasteiger partial charge in [-0.1, -0.05) is 66.7 Å². The Morgan fingerprint density at radius 2 is 1.15 bits per heavy atom. The number of benzene rings is 4. The van der Waals surface area contributed by atoms with E-state index in [0.717, 1.165) is 11.1 Å². The third-order valence-electron chi connectivity index (χ3n) is 8.58. The maximum Gasteiger partial charge on any atom is 0.368 e. The number of nitrogens with zero attached hydrogens (tertiary/aromatic N) is 4. The molecule has 0 radical (unpaired) electrons. The molecule has 7 rings (SSSR count). The van der Waals surface area contributed by atoms with Crippen LogP contribution in [-0.4, -0.2) is 86.8 Å². The summed E-state index contributed by atoms with van der Waals surface area (Å²) in [4.78, 5) is 96.2. The lowest BCUT2D eigenvalue weighted by atomic mass is 10.1. The fourth-order valence-electron chi connectivity index (χ4n) is 5.95. The highest BCUT2D eigenvalue weighted by atomic mass is 16.7. The Bertz CT molecular complexity index is 2300. The Balaban J connectivity index is 1.16. The highest BCUT2D eigenvalue weighted by molar-refractivity contribution is 6.22. The average molecular weight is 744 g/mol. The number of carbonyl (C=O) groups is 6. The van der Waals surface area contributed by atoms with Crippen molar-refractivity contribution in [1.29, 1.82) is 0 Å². The summed E-state index contributed by atoms with van der Waals surface area (Å²) in [5.74, 6) is -4.90. The molecular weight excluding hydrogens is 714 g/mol. The van der Waals surface area contributed by atoms with Gasteiger partial charge in [0, 0.05) is 0 Å². The van der Waals surface area contributed by atoms with Gasteiger partial charge in [0.15, 0.2) is 24.3 Å². The first-order chi connectivity index (χ1) is 26.7. The standard InChI is InChI=1S/C39H29N5O11/c45-30(21-43-33(46)26-18-10-11-19-27(26)34(43)47)41-29-20-40-44(39(51)42-29)35-32(55-38(50)25-16-8-3-9-17-25)31(54-37(49)24-14-6-2-7-15-24)28(53-35)22-52-36(48)23-12-4-1-5-13-23/h1-20,28,31-32,35H,21-22H2,(H,41,42,45,51)/t28-,31+,32-,35-/m1/s1. The lowest BCUT2D eigenvalue weighted by Gasteiger charge is -2.24. The molecule has 3 amide bonds. The molecule has 16 heteroatoms. The van der Waals surface area contributed by atoms with Crippen LogP contribution in [0.5, 0.6) is 0 Å². The van der Waals surface area contributed by atoms with E-state index in [1.165, 1.54) is 48.5 Å². The van der Waals surface area contributed by atoms with E-state index in [2.05, 4.69) is 15.4 Å². The van der Waals surface area contributed by atoms with E-state index in [4.69, 9.17) is 18.9 Å². The van der Waals surface area contributed by atoms with Crippen molar-refractivity contribution in [2.24, 2.45) is 0 Å². The Hall–Kier alpha value is -7.33. The van der Waals surface area contributed by atoms with Crippen LogP contribution in [0.3, 0.4) is 0 Å². The van der Waals surface area contributed by atoms with Crippen molar-refractivity contribution in [3.8, 4) is 0 Å². The van der Waals surface area contributed by atoms with Gasteiger partial charge in [-0.15, -0.1) is 0 Å². The Morgan fingerprint density at radius 1 is 0.655 bits per heavy atom. The predicted octanol–water partition coefficient (Wildman–Crippen LogP) is 3.08. The van der Waals surface area contributed by atoms with Crippen molar-refractivity contribution >= 4 is 41.4 Å².